The fourth-order valence-electron chi connectivity index (χ4n) is 5.26. The largest absolute Gasteiger partial charge is 0.481 e. The smallest absolute Gasteiger partial charge is 0.421 e. The molecule has 0 spiro atoms. The van der Waals surface area contributed by atoms with Crippen molar-refractivity contribution in [2.45, 2.75) is 44.4 Å². The van der Waals surface area contributed by atoms with Crippen LogP contribution in [0.15, 0.2) is 18.6 Å². The standard InChI is InChI=1S/C24H30F3N7O2/c1-36-22-19(24(25,26)27)10-17(11-29-22)33-9-5-20-18(13-33)21(31-14-30-20)32-16-4-8-34(12-16)23(35)15-2-6-28-7-3-15/h10-11,14-16,28H,2-9,12-13H2,1H3,(H,30,31,32)/t16-/m0/s1. The van der Waals surface area contributed by atoms with Crippen LogP contribution in [0.5, 0.6) is 5.88 Å². The summed E-state index contributed by atoms with van der Waals surface area (Å²) in [6.07, 6.45) is 1.48. The Hall–Kier alpha value is -3.15. The number of nitrogens with zero attached hydrogens (tertiary/aromatic N) is 5. The molecule has 5 rings (SSSR count). The first-order chi connectivity index (χ1) is 17.3. The number of rotatable bonds is 5. The van der Waals surface area contributed by atoms with Crippen LogP contribution in [0.25, 0.3) is 0 Å². The second-order valence-corrected chi connectivity index (χ2v) is 9.51. The van der Waals surface area contributed by atoms with Gasteiger partial charge in [-0.3, -0.25) is 4.79 Å². The molecule has 2 aromatic rings. The summed E-state index contributed by atoms with van der Waals surface area (Å²) in [6.45, 7) is 3.94. The summed E-state index contributed by atoms with van der Waals surface area (Å²) >= 11 is 0. The molecule has 9 nitrogen and oxygen atoms in total. The van der Waals surface area contributed by atoms with Crippen molar-refractivity contribution in [3.8, 4) is 5.88 Å². The van der Waals surface area contributed by atoms with E-state index < -0.39 is 17.6 Å². The highest BCUT2D eigenvalue weighted by Crippen LogP contribution is 2.38. The van der Waals surface area contributed by atoms with Crippen LogP contribution in [0.2, 0.25) is 0 Å². The molecule has 2 N–H and O–H groups in total. The van der Waals surface area contributed by atoms with E-state index in [2.05, 4.69) is 25.6 Å². The van der Waals surface area contributed by atoms with Gasteiger partial charge < -0.3 is 25.2 Å². The van der Waals surface area contributed by atoms with Gasteiger partial charge in [0.1, 0.15) is 17.7 Å². The number of methoxy groups -OCH3 is 1. The van der Waals surface area contributed by atoms with Crippen LogP contribution >= 0.6 is 0 Å². The summed E-state index contributed by atoms with van der Waals surface area (Å²) in [7, 11) is 1.17. The van der Waals surface area contributed by atoms with Crippen LogP contribution in [-0.4, -0.2) is 71.6 Å². The molecular weight excluding hydrogens is 475 g/mol. The number of carbonyl (C=O) groups excluding carboxylic acids is 1. The maximum absolute atomic E-state index is 13.5. The molecule has 0 saturated carbocycles. The highest BCUT2D eigenvalue weighted by atomic mass is 19.4. The SMILES string of the molecule is COc1ncc(N2CCc3ncnc(N[C@H]4CCN(C(=O)C5CCNCC5)C4)c3C2)cc1C(F)(F)F. The maximum Gasteiger partial charge on any atom is 0.421 e. The van der Waals surface area contributed by atoms with Crippen molar-refractivity contribution < 1.29 is 22.7 Å². The highest BCUT2D eigenvalue weighted by molar-refractivity contribution is 5.79. The minimum Gasteiger partial charge on any atom is -0.481 e. The molecule has 1 amide bonds. The molecule has 194 valence electrons. The first-order valence-electron chi connectivity index (χ1n) is 12.3. The summed E-state index contributed by atoms with van der Waals surface area (Å²) in [4.78, 5) is 29.5. The van der Waals surface area contributed by atoms with E-state index in [1.54, 1.807) is 0 Å². The summed E-state index contributed by atoms with van der Waals surface area (Å²) < 4.78 is 45.4. The quantitative estimate of drug-likeness (QED) is 0.640. The zero-order valence-electron chi connectivity index (χ0n) is 20.1. The molecule has 0 radical (unpaired) electrons. The van der Waals surface area contributed by atoms with Gasteiger partial charge in [0.2, 0.25) is 11.8 Å². The van der Waals surface area contributed by atoms with Gasteiger partial charge in [-0.05, 0) is 38.4 Å². The Morgan fingerprint density at radius 3 is 2.72 bits per heavy atom. The van der Waals surface area contributed by atoms with E-state index in [1.165, 1.54) is 19.6 Å². The normalized spacial score (nSPS) is 20.8. The Labute approximate surface area is 207 Å². The molecule has 0 bridgehead atoms. The molecule has 3 aliphatic heterocycles. The summed E-state index contributed by atoms with van der Waals surface area (Å²) in [5, 5.41) is 6.78. The Morgan fingerprint density at radius 1 is 1.17 bits per heavy atom. The topological polar surface area (TPSA) is 95.5 Å². The fraction of sp³-hybridized carbons (Fsp3) is 0.583. The average Bonchev–Trinajstić information content (AvgIpc) is 3.36. The Kier molecular flexibility index (Phi) is 6.87. The molecule has 12 heteroatoms. The third-order valence-corrected chi connectivity index (χ3v) is 7.23. The number of piperidine rings is 1. The molecule has 1 atom stereocenters. The number of pyridine rings is 1. The lowest BCUT2D eigenvalue weighted by Crippen LogP contribution is -2.41. The third-order valence-electron chi connectivity index (χ3n) is 7.23. The Bertz CT molecular complexity index is 1110. The van der Waals surface area contributed by atoms with Crippen molar-refractivity contribution in [1.82, 2.24) is 25.2 Å². The van der Waals surface area contributed by atoms with Crippen molar-refractivity contribution in [2.75, 3.05) is 50.1 Å². The van der Waals surface area contributed by atoms with E-state index in [0.29, 0.717) is 44.1 Å². The van der Waals surface area contributed by atoms with Gasteiger partial charge in [-0.25, -0.2) is 15.0 Å². The number of nitrogens with one attached hydrogen (secondary N) is 2. The molecule has 0 unspecified atom stereocenters. The first kappa shape index (κ1) is 24.5. The number of carbonyl (C=O) groups is 1. The second-order valence-electron chi connectivity index (χ2n) is 9.51. The van der Waals surface area contributed by atoms with Crippen molar-refractivity contribution in [1.29, 1.82) is 0 Å². The fourth-order valence-corrected chi connectivity index (χ4v) is 5.26. The average molecular weight is 506 g/mol. The number of halogens is 3. The van der Waals surface area contributed by atoms with Crippen LogP contribution in [0.4, 0.5) is 24.7 Å². The van der Waals surface area contributed by atoms with E-state index in [-0.39, 0.29) is 17.9 Å². The van der Waals surface area contributed by atoms with Crippen LogP contribution in [-0.2, 0) is 23.9 Å². The van der Waals surface area contributed by atoms with E-state index in [4.69, 9.17) is 4.74 Å². The van der Waals surface area contributed by atoms with Crippen LogP contribution in [0, 0.1) is 5.92 Å². The summed E-state index contributed by atoms with van der Waals surface area (Å²) in [6, 6.07) is 1.14. The van der Waals surface area contributed by atoms with Crippen LogP contribution < -0.4 is 20.3 Å². The lowest BCUT2D eigenvalue weighted by atomic mass is 9.97. The molecule has 2 aromatic heterocycles. The molecular formula is C24H30F3N7O2. The van der Waals surface area contributed by atoms with Gasteiger partial charge in [-0.15, -0.1) is 0 Å². The zero-order valence-corrected chi connectivity index (χ0v) is 20.1. The predicted octanol–water partition coefficient (Wildman–Crippen LogP) is 2.47. The van der Waals surface area contributed by atoms with Gasteiger partial charge in [-0.2, -0.15) is 13.2 Å². The van der Waals surface area contributed by atoms with E-state index in [1.807, 2.05) is 9.80 Å². The minimum atomic E-state index is -4.57. The van der Waals surface area contributed by atoms with Gasteiger partial charge in [-0.1, -0.05) is 0 Å². The zero-order chi connectivity index (χ0) is 25.3. The number of aromatic nitrogens is 3. The molecule has 3 aliphatic rings. The maximum atomic E-state index is 13.5. The number of hydrogen-bond acceptors (Lipinski definition) is 8. The Balaban J connectivity index is 1.30. The first-order valence-corrected chi connectivity index (χ1v) is 12.3. The number of amides is 1. The lowest BCUT2D eigenvalue weighted by molar-refractivity contribution is -0.139. The van der Waals surface area contributed by atoms with Crippen molar-refractivity contribution in [3.05, 3.63) is 35.4 Å². The number of anilines is 2. The number of ether oxygens (including phenoxy) is 1. The van der Waals surface area contributed by atoms with Crippen LogP contribution in [0.3, 0.4) is 0 Å². The van der Waals surface area contributed by atoms with Crippen molar-refractivity contribution >= 4 is 17.4 Å². The lowest BCUT2D eigenvalue weighted by Gasteiger charge is -2.32. The summed E-state index contributed by atoms with van der Waals surface area (Å²) in [5.74, 6) is 0.539. The second kappa shape index (κ2) is 10.1. The minimum absolute atomic E-state index is 0.0597. The Morgan fingerprint density at radius 2 is 1.97 bits per heavy atom. The molecule has 5 heterocycles. The molecule has 0 aliphatic carbocycles. The number of fused-ring (bicyclic) bond motifs is 1. The molecule has 2 fully saturated rings. The molecule has 36 heavy (non-hydrogen) atoms. The van der Waals surface area contributed by atoms with E-state index >= 15 is 0 Å². The van der Waals surface area contributed by atoms with Crippen molar-refractivity contribution in [3.63, 3.8) is 0 Å². The number of alkyl halides is 3. The molecule has 2 saturated heterocycles. The monoisotopic (exact) mass is 505 g/mol. The third kappa shape index (κ3) is 5.04. The number of likely N-dealkylation sites (tertiary alicyclic amines) is 1. The van der Waals surface area contributed by atoms with Gasteiger partial charge in [0.15, 0.2) is 0 Å². The predicted molar refractivity (Wildman–Crippen MR) is 127 cm³/mol. The van der Waals surface area contributed by atoms with E-state index in [9.17, 15) is 18.0 Å². The molecule has 0 aromatic carbocycles. The highest BCUT2D eigenvalue weighted by Gasteiger charge is 2.37. The van der Waals surface area contributed by atoms with Gasteiger partial charge in [0.05, 0.1) is 24.7 Å². The number of hydrogen-bond donors (Lipinski definition) is 2. The van der Waals surface area contributed by atoms with Gasteiger partial charge in [0, 0.05) is 50.1 Å². The van der Waals surface area contributed by atoms with Crippen LogP contribution in [0.1, 0.15) is 36.1 Å². The van der Waals surface area contributed by atoms with E-state index in [0.717, 1.165) is 49.7 Å². The van der Waals surface area contributed by atoms with Crippen molar-refractivity contribution in [2.24, 2.45) is 5.92 Å². The van der Waals surface area contributed by atoms with Gasteiger partial charge in [0.25, 0.3) is 0 Å². The van der Waals surface area contributed by atoms with Gasteiger partial charge >= 0.3 is 6.18 Å². The summed E-state index contributed by atoms with van der Waals surface area (Å²) in [5.41, 5.74) is 1.20.